The summed E-state index contributed by atoms with van der Waals surface area (Å²) in [5.74, 6) is 1.57. The van der Waals surface area contributed by atoms with Gasteiger partial charge in [-0.2, -0.15) is 5.10 Å². The van der Waals surface area contributed by atoms with Gasteiger partial charge >= 0.3 is 0 Å². The summed E-state index contributed by atoms with van der Waals surface area (Å²) in [5.41, 5.74) is 3.06. The first-order chi connectivity index (χ1) is 9.20. The summed E-state index contributed by atoms with van der Waals surface area (Å²) in [4.78, 5) is 0. The van der Waals surface area contributed by atoms with Crippen LogP contribution < -0.4 is 14.8 Å². The molecular weight excluding hydrogens is 310 g/mol. The van der Waals surface area contributed by atoms with Crippen LogP contribution in [-0.2, 0) is 13.6 Å². The largest absolute Gasteiger partial charge is 0.454 e. The second-order valence-electron chi connectivity index (χ2n) is 4.33. The highest BCUT2D eigenvalue weighted by Crippen LogP contribution is 2.38. The number of aromatic nitrogens is 2. The van der Waals surface area contributed by atoms with Crippen LogP contribution in [-0.4, -0.2) is 23.6 Å². The number of nitrogens with zero attached hydrogens (tertiary/aromatic N) is 2. The lowest BCUT2D eigenvalue weighted by molar-refractivity contribution is 0.174. The summed E-state index contributed by atoms with van der Waals surface area (Å²) >= 11 is 3.63. The van der Waals surface area contributed by atoms with E-state index >= 15 is 0 Å². The summed E-state index contributed by atoms with van der Waals surface area (Å²) in [6.07, 6.45) is 0. The fraction of sp³-hybridized carbons (Fsp3) is 0.308. The predicted molar refractivity (Wildman–Crippen MR) is 75.2 cm³/mol. The van der Waals surface area contributed by atoms with Crippen LogP contribution in [0.4, 0.5) is 0 Å². The number of hydrogen-bond donors (Lipinski definition) is 1. The van der Waals surface area contributed by atoms with Gasteiger partial charge in [-0.25, -0.2) is 0 Å². The Morgan fingerprint density at radius 2 is 2.16 bits per heavy atom. The smallest absolute Gasteiger partial charge is 0.231 e. The van der Waals surface area contributed by atoms with E-state index in [9.17, 15) is 0 Å². The molecule has 0 saturated heterocycles. The fourth-order valence-electron chi connectivity index (χ4n) is 2.19. The van der Waals surface area contributed by atoms with Crippen LogP contribution in [0, 0.1) is 0 Å². The fourth-order valence-corrected chi connectivity index (χ4v) is 2.90. The second kappa shape index (κ2) is 4.86. The molecule has 3 rings (SSSR count). The Balaban J connectivity index is 2.07. The van der Waals surface area contributed by atoms with E-state index in [0.717, 1.165) is 39.5 Å². The molecular formula is C13H14BrN3O2. The normalized spacial score (nSPS) is 13.0. The van der Waals surface area contributed by atoms with E-state index in [-0.39, 0.29) is 6.79 Å². The van der Waals surface area contributed by atoms with Crippen molar-refractivity contribution in [1.82, 2.24) is 15.1 Å². The molecule has 0 spiro atoms. The highest BCUT2D eigenvalue weighted by molar-refractivity contribution is 9.10. The quantitative estimate of drug-likeness (QED) is 0.941. The van der Waals surface area contributed by atoms with E-state index in [4.69, 9.17) is 9.47 Å². The maximum atomic E-state index is 5.42. The molecule has 0 bridgehead atoms. The highest BCUT2D eigenvalue weighted by Gasteiger charge is 2.19. The predicted octanol–water partition coefficient (Wildman–Crippen LogP) is 2.30. The molecule has 0 unspecified atom stereocenters. The molecule has 2 aromatic rings. The SMILES string of the molecule is CNCc1nn(C)c(-c2ccc3c(c2)OCO3)c1Br. The number of aryl methyl sites for hydroxylation is 1. The average Bonchev–Trinajstić information content (AvgIpc) is 2.95. The summed E-state index contributed by atoms with van der Waals surface area (Å²) in [5, 5.41) is 7.61. The molecule has 1 N–H and O–H groups in total. The van der Waals surface area contributed by atoms with Gasteiger partial charge in [-0.3, -0.25) is 4.68 Å². The number of ether oxygens (including phenoxy) is 2. The maximum Gasteiger partial charge on any atom is 0.231 e. The molecule has 1 aromatic carbocycles. The Hall–Kier alpha value is -1.53. The van der Waals surface area contributed by atoms with E-state index < -0.39 is 0 Å². The van der Waals surface area contributed by atoms with Gasteiger partial charge in [-0.05, 0) is 41.2 Å². The molecule has 0 saturated carbocycles. The van der Waals surface area contributed by atoms with Crippen molar-refractivity contribution in [2.75, 3.05) is 13.8 Å². The minimum Gasteiger partial charge on any atom is -0.454 e. The standard InChI is InChI=1S/C13H14BrN3O2/c1-15-6-9-12(14)13(17(2)16-9)8-3-4-10-11(5-8)19-7-18-10/h3-5,15H,6-7H2,1-2H3. The van der Waals surface area contributed by atoms with E-state index in [2.05, 4.69) is 26.3 Å². The third kappa shape index (κ3) is 2.11. The molecule has 2 heterocycles. The molecule has 0 radical (unpaired) electrons. The summed E-state index contributed by atoms with van der Waals surface area (Å²) in [6.45, 7) is 1.01. The molecule has 100 valence electrons. The van der Waals surface area contributed by atoms with Gasteiger partial charge in [0.15, 0.2) is 11.5 Å². The van der Waals surface area contributed by atoms with Crippen LogP contribution in [0.5, 0.6) is 11.5 Å². The molecule has 0 amide bonds. The van der Waals surface area contributed by atoms with Gasteiger partial charge in [0, 0.05) is 19.2 Å². The first-order valence-corrected chi connectivity index (χ1v) is 6.76. The van der Waals surface area contributed by atoms with Crippen molar-refractivity contribution in [2.24, 2.45) is 7.05 Å². The van der Waals surface area contributed by atoms with Crippen LogP contribution in [0.2, 0.25) is 0 Å². The number of benzene rings is 1. The third-order valence-electron chi connectivity index (χ3n) is 3.05. The average molecular weight is 324 g/mol. The van der Waals surface area contributed by atoms with E-state index in [1.54, 1.807) is 0 Å². The molecule has 1 aromatic heterocycles. The summed E-state index contributed by atoms with van der Waals surface area (Å²) in [6, 6.07) is 5.92. The van der Waals surface area contributed by atoms with Crippen molar-refractivity contribution >= 4 is 15.9 Å². The third-order valence-corrected chi connectivity index (χ3v) is 3.88. The van der Waals surface area contributed by atoms with Gasteiger partial charge in [0.25, 0.3) is 0 Å². The van der Waals surface area contributed by atoms with Crippen LogP contribution in [0.25, 0.3) is 11.3 Å². The number of fused-ring (bicyclic) bond motifs is 1. The Morgan fingerprint density at radius 3 is 2.95 bits per heavy atom. The molecule has 0 aliphatic carbocycles. The Kier molecular flexibility index (Phi) is 3.20. The van der Waals surface area contributed by atoms with Crippen LogP contribution in [0.15, 0.2) is 22.7 Å². The molecule has 19 heavy (non-hydrogen) atoms. The zero-order valence-electron chi connectivity index (χ0n) is 10.7. The topological polar surface area (TPSA) is 48.3 Å². The van der Waals surface area contributed by atoms with Gasteiger partial charge in [0.05, 0.1) is 15.9 Å². The summed E-state index contributed by atoms with van der Waals surface area (Å²) < 4.78 is 13.6. The zero-order chi connectivity index (χ0) is 13.4. The lowest BCUT2D eigenvalue weighted by Crippen LogP contribution is -2.06. The van der Waals surface area contributed by atoms with Crippen LogP contribution in [0.3, 0.4) is 0 Å². The van der Waals surface area contributed by atoms with Gasteiger partial charge in [0.1, 0.15) is 0 Å². The Bertz CT molecular complexity index is 625. The molecule has 0 fully saturated rings. The molecule has 0 atom stereocenters. The van der Waals surface area contributed by atoms with Gasteiger partial charge < -0.3 is 14.8 Å². The molecule has 6 heteroatoms. The number of rotatable bonds is 3. The minimum atomic E-state index is 0.288. The first-order valence-electron chi connectivity index (χ1n) is 5.96. The Morgan fingerprint density at radius 1 is 1.37 bits per heavy atom. The molecule has 1 aliphatic rings. The van der Waals surface area contributed by atoms with Crippen molar-refractivity contribution in [3.63, 3.8) is 0 Å². The number of hydrogen-bond acceptors (Lipinski definition) is 4. The van der Waals surface area contributed by atoms with Crippen molar-refractivity contribution < 1.29 is 9.47 Å². The zero-order valence-corrected chi connectivity index (χ0v) is 12.3. The lowest BCUT2D eigenvalue weighted by atomic mass is 10.1. The van der Waals surface area contributed by atoms with Gasteiger partial charge in [0.2, 0.25) is 6.79 Å². The number of nitrogens with one attached hydrogen (secondary N) is 1. The number of halogens is 1. The summed E-state index contributed by atoms with van der Waals surface area (Å²) in [7, 11) is 3.84. The monoisotopic (exact) mass is 323 g/mol. The van der Waals surface area contributed by atoms with E-state index in [1.807, 2.05) is 37.0 Å². The van der Waals surface area contributed by atoms with Gasteiger partial charge in [-0.15, -0.1) is 0 Å². The van der Waals surface area contributed by atoms with Crippen LogP contribution in [0.1, 0.15) is 5.69 Å². The second-order valence-corrected chi connectivity index (χ2v) is 5.12. The first kappa shape index (κ1) is 12.5. The van der Waals surface area contributed by atoms with Crippen molar-refractivity contribution in [1.29, 1.82) is 0 Å². The highest BCUT2D eigenvalue weighted by atomic mass is 79.9. The Labute approximate surface area is 119 Å². The minimum absolute atomic E-state index is 0.288. The maximum absolute atomic E-state index is 5.42. The van der Waals surface area contributed by atoms with Crippen molar-refractivity contribution in [3.05, 3.63) is 28.4 Å². The van der Waals surface area contributed by atoms with Gasteiger partial charge in [-0.1, -0.05) is 0 Å². The van der Waals surface area contributed by atoms with Crippen molar-refractivity contribution in [2.45, 2.75) is 6.54 Å². The molecule has 1 aliphatic heterocycles. The van der Waals surface area contributed by atoms with E-state index in [0.29, 0.717) is 0 Å². The van der Waals surface area contributed by atoms with Crippen LogP contribution >= 0.6 is 15.9 Å². The van der Waals surface area contributed by atoms with E-state index in [1.165, 1.54) is 0 Å². The molecule has 5 nitrogen and oxygen atoms in total. The lowest BCUT2D eigenvalue weighted by Gasteiger charge is -2.04. The van der Waals surface area contributed by atoms with Crippen molar-refractivity contribution in [3.8, 4) is 22.8 Å².